The van der Waals surface area contributed by atoms with Crippen molar-refractivity contribution >= 4 is 17.4 Å². The minimum absolute atomic E-state index is 0.284. The van der Waals surface area contributed by atoms with Crippen LogP contribution >= 0.6 is 0 Å². The van der Waals surface area contributed by atoms with E-state index in [9.17, 15) is 9.18 Å². The summed E-state index contributed by atoms with van der Waals surface area (Å²) in [6.07, 6.45) is 5.10. The second-order valence-corrected chi connectivity index (χ2v) is 5.72. The number of carbonyl (C=O) groups is 1. The molecule has 1 saturated heterocycles. The van der Waals surface area contributed by atoms with Crippen LogP contribution in [0.2, 0.25) is 0 Å². The van der Waals surface area contributed by atoms with Gasteiger partial charge in [-0.15, -0.1) is 0 Å². The molecule has 1 aliphatic rings. The smallest absolute Gasteiger partial charge is 0.259 e. The van der Waals surface area contributed by atoms with Gasteiger partial charge in [-0.2, -0.15) is 0 Å². The van der Waals surface area contributed by atoms with Gasteiger partial charge in [0.05, 0.1) is 18.4 Å². The summed E-state index contributed by atoms with van der Waals surface area (Å²) >= 11 is 0. The molecule has 1 fully saturated rings. The molecule has 5 nitrogen and oxygen atoms in total. The fourth-order valence-corrected chi connectivity index (χ4v) is 2.89. The zero-order valence-corrected chi connectivity index (χ0v) is 13.6. The van der Waals surface area contributed by atoms with E-state index in [-0.39, 0.29) is 11.7 Å². The Balaban J connectivity index is 1.85. The Kier molecular flexibility index (Phi) is 4.93. The summed E-state index contributed by atoms with van der Waals surface area (Å²) in [6.45, 7) is 1.80. The molecular formula is C18H20FN3O2. The van der Waals surface area contributed by atoms with Gasteiger partial charge in [0.1, 0.15) is 17.4 Å². The fourth-order valence-electron chi connectivity index (χ4n) is 2.89. The molecule has 0 saturated carbocycles. The molecule has 0 unspecified atom stereocenters. The lowest BCUT2D eigenvalue weighted by Crippen LogP contribution is -2.32. The number of nitrogens with one attached hydrogen (secondary N) is 1. The first-order valence-corrected chi connectivity index (χ1v) is 8.04. The van der Waals surface area contributed by atoms with Gasteiger partial charge in [-0.05, 0) is 43.5 Å². The number of halogens is 1. The van der Waals surface area contributed by atoms with Crippen molar-refractivity contribution in [2.75, 3.05) is 30.4 Å². The number of anilines is 2. The monoisotopic (exact) mass is 329 g/mol. The fraction of sp³-hybridized carbons (Fsp3) is 0.333. The van der Waals surface area contributed by atoms with Crippen molar-refractivity contribution in [3.63, 3.8) is 0 Å². The van der Waals surface area contributed by atoms with E-state index in [0.29, 0.717) is 17.1 Å². The van der Waals surface area contributed by atoms with Gasteiger partial charge >= 0.3 is 0 Å². The summed E-state index contributed by atoms with van der Waals surface area (Å²) < 4.78 is 18.4. The van der Waals surface area contributed by atoms with Crippen molar-refractivity contribution in [3.05, 3.63) is 47.9 Å². The van der Waals surface area contributed by atoms with Gasteiger partial charge in [-0.3, -0.25) is 4.79 Å². The third-order valence-electron chi connectivity index (χ3n) is 4.10. The predicted molar refractivity (Wildman–Crippen MR) is 91.2 cm³/mol. The second kappa shape index (κ2) is 7.29. The molecule has 0 bridgehead atoms. The van der Waals surface area contributed by atoms with Crippen LogP contribution in [0.1, 0.15) is 29.6 Å². The van der Waals surface area contributed by atoms with Gasteiger partial charge in [0.2, 0.25) is 0 Å². The van der Waals surface area contributed by atoms with Crippen LogP contribution in [0.4, 0.5) is 15.9 Å². The number of methoxy groups -OCH3 is 1. The molecular weight excluding hydrogens is 309 g/mol. The molecule has 2 aromatic rings. The number of benzene rings is 1. The van der Waals surface area contributed by atoms with E-state index < -0.39 is 5.82 Å². The third-order valence-corrected chi connectivity index (χ3v) is 4.10. The van der Waals surface area contributed by atoms with Crippen molar-refractivity contribution in [2.45, 2.75) is 19.3 Å². The van der Waals surface area contributed by atoms with Crippen molar-refractivity contribution in [1.29, 1.82) is 0 Å². The van der Waals surface area contributed by atoms with E-state index >= 15 is 0 Å². The van der Waals surface area contributed by atoms with Crippen LogP contribution in [-0.4, -0.2) is 31.1 Å². The highest BCUT2D eigenvalue weighted by Gasteiger charge is 2.20. The van der Waals surface area contributed by atoms with Crippen LogP contribution in [0.15, 0.2) is 36.5 Å². The number of pyridine rings is 1. The van der Waals surface area contributed by atoms with Gasteiger partial charge in [0.25, 0.3) is 5.91 Å². The number of amides is 1. The maximum atomic E-state index is 13.3. The first-order valence-electron chi connectivity index (χ1n) is 8.04. The van der Waals surface area contributed by atoms with Crippen LogP contribution in [0.3, 0.4) is 0 Å². The van der Waals surface area contributed by atoms with Crippen LogP contribution in [0, 0.1) is 5.82 Å². The Hall–Kier alpha value is -2.63. The lowest BCUT2D eigenvalue weighted by Gasteiger charge is -2.29. The second-order valence-electron chi connectivity index (χ2n) is 5.72. The van der Waals surface area contributed by atoms with Crippen LogP contribution in [0.5, 0.6) is 5.75 Å². The highest BCUT2D eigenvalue weighted by atomic mass is 19.1. The maximum absolute atomic E-state index is 13.3. The minimum atomic E-state index is -0.416. The first kappa shape index (κ1) is 16.2. The standard InChI is InChI=1S/C18H20FN3O2/c1-24-16-12-13(19)7-8-15(16)21-18(23)14-6-5-9-20-17(14)22-10-3-2-4-11-22/h5-9,12H,2-4,10-11H2,1H3,(H,21,23). The van der Waals surface area contributed by atoms with E-state index in [1.54, 1.807) is 18.3 Å². The highest BCUT2D eigenvalue weighted by molar-refractivity contribution is 6.08. The summed E-state index contributed by atoms with van der Waals surface area (Å²) in [5.74, 6) is 0.274. The molecule has 126 valence electrons. The normalized spacial score (nSPS) is 14.3. The van der Waals surface area contributed by atoms with Crippen LogP contribution in [0.25, 0.3) is 0 Å². The Morgan fingerprint density at radius 3 is 2.79 bits per heavy atom. The number of rotatable bonds is 4. The minimum Gasteiger partial charge on any atom is -0.494 e. The number of piperidine rings is 1. The largest absolute Gasteiger partial charge is 0.494 e. The molecule has 0 spiro atoms. The van der Waals surface area contributed by atoms with E-state index in [1.807, 2.05) is 0 Å². The van der Waals surface area contributed by atoms with E-state index in [1.165, 1.54) is 31.7 Å². The zero-order chi connectivity index (χ0) is 16.9. The average Bonchev–Trinajstić information content (AvgIpc) is 2.63. The van der Waals surface area contributed by atoms with Gasteiger partial charge in [-0.1, -0.05) is 0 Å². The molecule has 2 heterocycles. The van der Waals surface area contributed by atoms with E-state index in [4.69, 9.17) is 4.74 Å². The third kappa shape index (κ3) is 3.48. The zero-order valence-electron chi connectivity index (χ0n) is 13.6. The number of aromatic nitrogens is 1. The molecule has 0 aliphatic carbocycles. The summed E-state index contributed by atoms with van der Waals surface area (Å²) in [7, 11) is 1.44. The van der Waals surface area contributed by atoms with Crippen molar-refractivity contribution < 1.29 is 13.9 Å². The summed E-state index contributed by atoms with van der Waals surface area (Å²) in [5, 5.41) is 2.79. The molecule has 1 aromatic heterocycles. The Labute approximate surface area is 140 Å². The van der Waals surface area contributed by atoms with Crippen molar-refractivity contribution in [1.82, 2.24) is 4.98 Å². The van der Waals surface area contributed by atoms with Crippen molar-refractivity contribution in [2.24, 2.45) is 0 Å². The average molecular weight is 329 g/mol. The maximum Gasteiger partial charge on any atom is 0.259 e. The number of ether oxygens (including phenoxy) is 1. The van der Waals surface area contributed by atoms with Crippen molar-refractivity contribution in [3.8, 4) is 5.75 Å². The molecule has 1 amide bonds. The van der Waals surface area contributed by atoms with Gasteiger partial charge in [-0.25, -0.2) is 9.37 Å². The summed E-state index contributed by atoms with van der Waals surface area (Å²) in [4.78, 5) is 19.2. The molecule has 1 aliphatic heterocycles. The van der Waals surface area contributed by atoms with E-state index in [2.05, 4.69) is 15.2 Å². The van der Waals surface area contributed by atoms with Gasteiger partial charge in [0.15, 0.2) is 0 Å². The SMILES string of the molecule is COc1cc(F)ccc1NC(=O)c1cccnc1N1CCCCC1. The van der Waals surface area contributed by atoms with Crippen LogP contribution in [-0.2, 0) is 0 Å². The van der Waals surface area contributed by atoms with Gasteiger partial charge < -0.3 is 15.0 Å². The summed E-state index contributed by atoms with van der Waals surface area (Å²) in [5.41, 5.74) is 0.933. The Morgan fingerprint density at radius 2 is 2.04 bits per heavy atom. The number of hydrogen-bond donors (Lipinski definition) is 1. The lowest BCUT2D eigenvalue weighted by atomic mass is 10.1. The molecule has 1 N–H and O–H groups in total. The molecule has 3 rings (SSSR count). The Morgan fingerprint density at radius 1 is 1.25 bits per heavy atom. The molecule has 0 radical (unpaired) electrons. The quantitative estimate of drug-likeness (QED) is 0.933. The highest BCUT2D eigenvalue weighted by Crippen LogP contribution is 2.27. The first-order chi connectivity index (χ1) is 11.7. The van der Waals surface area contributed by atoms with Crippen LogP contribution < -0.4 is 15.0 Å². The lowest BCUT2D eigenvalue weighted by molar-refractivity contribution is 0.102. The molecule has 0 atom stereocenters. The number of carbonyl (C=O) groups excluding carboxylic acids is 1. The molecule has 6 heteroatoms. The number of hydrogen-bond acceptors (Lipinski definition) is 4. The van der Waals surface area contributed by atoms with Gasteiger partial charge in [0, 0.05) is 25.4 Å². The van der Waals surface area contributed by atoms with E-state index in [0.717, 1.165) is 25.9 Å². The topological polar surface area (TPSA) is 54.5 Å². The number of nitrogens with zero attached hydrogens (tertiary/aromatic N) is 2. The summed E-state index contributed by atoms with van der Waals surface area (Å²) in [6, 6.07) is 7.51. The Bertz CT molecular complexity index is 730. The predicted octanol–water partition coefficient (Wildman–Crippen LogP) is 3.47. The molecule has 1 aromatic carbocycles. The molecule has 24 heavy (non-hydrogen) atoms.